The lowest BCUT2D eigenvalue weighted by Crippen LogP contribution is -2.36. The zero-order valence-electron chi connectivity index (χ0n) is 10.5. The van der Waals surface area contributed by atoms with Crippen LogP contribution in [-0.4, -0.2) is 13.1 Å². The van der Waals surface area contributed by atoms with Crippen LogP contribution in [0.25, 0.3) is 0 Å². The van der Waals surface area contributed by atoms with Crippen LogP contribution in [0.3, 0.4) is 0 Å². The molecule has 0 aliphatic heterocycles. The summed E-state index contributed by atoms with van der Waals surface area (Å²) in [6.45, 7) is 6.15. The highest BCUT2D eigenvalue weighted by atomic mass is 14.9. The zero-order chi connectivity index (χ0) is 11.1. The maximum Gasteiger partial charge on any atom is 0.00953 e. The van der Waals surface area contributed by atoms with E-state index in [0.29, 0.717) is 0 Å². The van der Waals surface area contributed by atoms with Crippen LogP contribution in [0.1, 0.15) is 51.9 Å². The van der Waals surface area contributed by atoms with Crippen LogP contribution < -0.4 is 5.32 Å². The molecule has 88 valence electrons. The lowest BCUT2D eigenvalue weighted by molar-refractivity contribution is 0.208. The molecule has 1 heteroatoms. The SMILES string of the molecule is C=CCCC(NC)C1CCCC(CC)C1. The van der Waals surface area contributed by atoms with E-state index in [0.717, 1.165) is 24.3 Å². The Kier molecular flexibility index (Phi) is 6.00. The van der Waals surface area contributed by atoms with Crippen molar-refractivity contribution in [1.82, 2.24) is 5.32 Å². The number of nitrogens with one attached hydrogen (secondary N) is 1. The third-order valence-electron chi connectivity index (χ3n) is 4.02. The molecule has 1 saturated carbocycles. The summed E-state index contributed by atoms with van der Waals surface area (Å²) in [4.78, 5) is 0. The lowest BCUT2D eigenvalue weighted by Gasteiger charge is -2.34. The molecule has 1 rings (SSSR count). The van der Waals surface area contributed by atoms with Gasteiger partial charge in [0.25, 0.3) is 0 Å². The molecule has 0 bridgehead atoms. The molecule has 3 unspecified atom stereocenters. The molecule has 1 aliphatic carbocycles. The van der Waals surface area contributed by atoms with Crippen molar-refractivity contribution >= 4 is 0 Å². The van der Waals surface area contributed by atoms with Crippen molar-refractivity contribution in [2.24, 2.45) is 11.8 Å². The fourth-order valence-corrected chi connectivity index (χ4v) is 2.98. The van der Waals surface area contributed by atoms with E-state index in [2.05, 4.69) is 25.9 Å². The van der Waals surface area contributed by atoms with Crippen LogP contribution in [0.2, 0.25) is 0 Å². The lowest BCUT2D eigenvalue weighted by atomic mass is 9.76. The van der Waals surface area contributed by atoms with Gasteiger partial charge in [0, 0.05) is 6.04 Å². The predicted molar refractivity (Wildman–Crippen MR) is 68.0 cm³/mol. The van der Waals surface area contributed by atoms with Crippen LogP contribution >= 0.6 is 0 Å². The highest BCUT2D eigenvalue weighted by Crippen LogP contribution is 2.33. The minimum atomic E-state index is 0.720. The van der Waals surface area contributed by atoms with E-state index >= 15 is 0 Å². The first kappa shape index (κ1) is 12.8. The van der Waals surface area contributed by atoms with Crippen molar-refractivity contribution < 1.29 is 0 Å². The Hall–Kier alpha value is -0.300. The Morgan fingerprint density at radius 1 is 1.47 bits per heavy atom. The molecule has 0 amide bonds. The van der Waals surface area contributed by atoms with Gasteiger partial charge in [-0.3, -0.25) is 0 Å². The van der Waals surface area contributed by atoms with Crippen molar-refractivity contribution in [2.45, 2.75) is 57.9 Å². The van der Waals surface area contributed by atoms with Crippen molar-refractivity contribution in [1.29, 1.82) is 0 Å². The summed E-state index contributed by atoms with van der Waals surface area (Å²) in [6, 6.07) is 0.720. The molecule has 0 aromatic heterocycles. The van der Waals surface area contributed by atoms with E-state index < -0.39 is 0 Å². The van der Waals surface area contributed by atoms with Crippen molar-refractivity contribution in [3.8, 4) is 0 Å². The summed E-state index contributed by atoms with van der Waals surface area (Å²) in [5, 5.41) is 3.50. The second-order valence-electron chi connectivity index (χ2n) is 4.96. The van der Waals surface area contributed by atoms with E-state index in [9.17, 15) is 0 Å². The average Bonchev–Trinajstić information content (AvgIpc) is 2.30. The van der Waals surface area contributed by atoms with Crippen molar-refractivity contribution in [2.75, 3.05) is 7.05 Å². The topological polar surface area (TPSA) is 12.0 Å². The quantitative estimate of drug-likeness (QED) is 0.657. The van der Waals surface area contributed by atoms with Crippen LogP contribution in [0.4, 0.5) is 0 Å². The second-order valence-corrected chi connectivity index (χ2v) is 4.96. The Labute approximate surface area is 95.3 Å². The normalized spacial score (nSPS) is 28.7. The summed E-state index contributed by atoms with van der Waals surface area (Å²) >= 11 is 0. The first-order valence-electron chi connectivity index (χ1n) is 6.60. The predicted octanol–water partition coefficient (Wildman–Crippen LogP) is 3.76. The first-order valence-corrected chi connectivity index (χ1v) is 6.60. The summed E-state index contributed by atoms with van der Waals surface area (Å²) in [7, 11) is 2.11. The Balaban J connectivity index is 2.40. The van der Waals surface area contributed by atoms with Gasteiger partial charge >= 0.3 is 0 Å². The average molecular weight is 209 g/mol. The Morgan fingerprint density at radius 2 is 2.27 bits per heavy atom. The minimum absolute atomic E-state index is 0.720. The monoisotopic (exact) mass is 209 g/mol. The van der Waals surface area contributed by atoms with Gasteiger partial charge in [0.05, 0.1) is 0 Å². The summed E-state index contributed by atoms with van der Waals surface area (Å²) in [6.07, 6.45) is 11.6. The molecule has 15 heavy (non-hydrogen) atoms. The summed E-state index contributed by atoms with van der Waals surface area (Å²) in [5.74, 6) is 1.90. The largest absolute Gasteiger partial charge is 0.317 e. The number of hydrogen-bond donors (Lipinski definition) is 1. The Bertz CT molecular complexity index is 176. The highest BCUT2D eigenvalue weighted by molar-refractivity contribution is 4.83. The molecule has 0 saturated heterocycles. The van der Waals surface area contributed by atoms with Crippen LogP contribution in [0, 0.1) is 11.8 Å². The van der Waals surface area contributed by atoms with E-state index in [1.54, 1.807) is 0 Å². The van der Waals surface area contributed by atoms with E-state index in [-0.39, 0.29) is 0 Å². The van der Waals surface area contributed by atoms with Gasteiger partial charge in [0.2, 0.25) is 0 Å². The maximum absolute atomic E-state index is 3.82. The van der Waals surface area contributed by atoms with Gasteiger partial charge in [-0.05, 0) is 44.6 Å². The number of rotatable bonds is 6. The molecule has 3 atom stereocenters. The second kappa shape index (κ2) is 7.05. The third kappa shape index (κ3) is 3.98. The van der Waals surface area contributed by atoms with Gasteiger partial charge in [0.1, 0.15) is 0 Å². The van der Waals surface area contributed by atoms with Gasteiger partial charge in [-0.15, -0.1) is 6.58 Å². The van der Waals surface area contributed by atoms with Gasteiger partial charge in [-0.25, -0.2) is 0 Å². The summed E-state index contributed by atoms with van der Waals surface area (Å²) < 4.78 is 0. The molecular formula is C14H27N. The molecular weight excluding hydrogens is 182 g/mol. The molecule has 0 aromatic rings. The fraction of sp³-hybridized carbons (Fsp3) is 0.857. The summed E-state index contributed by atoms with van der Waals surface area (Å²) in [5.41, 5.74) is 0. The van der Waals surface area contributed by atoms with Crippen LogP contribution in [0.5, 0.6) is 0 Å². The molecule has 0 aromatic carbocycles. The van der Waals surface area contributed by atoms with E-state index in [1.807, 2.05) is 6.08 Å². The fourth-order valence-electron chi connectivity index (χ4n) is 2.98. The molecule has 0 heterocycles. The molecule has 1 fully saturated rings. The van der Waals surface area contributed by atoms with Gasteiger partial charge in [0.15, 0.2) is 0 Å². The first-order chi connectivity index (χ1) is 7.31. The number of allylic oxidation sites excluding steroid dienone is 1. The Morgan fingerprint density at radius 3 is 2.87 bits per heavy atom. The van der Waals surface area contributed by atoms with Gasteiger partial charge < -0.3 is 5.32 Å². The minimum Gasteiger partial charge on any atom is -0.317 e. The van der Waals surface area contributed by atoms with E-state index in [4.69, 9.17) is 0 Å². The van der Waals surface area contributed by atoms with Crippen molar-refractivity contribution in [3.05, 3.63) is 12.7 Å². The third-order valence-corrected chi connectivity index (χ3v) is 4.02. The highest BCUT2D eigenvalue weighted by Gasteiger charge is 2.26. The van der Waals surface area contributed by atoms with Crippen LogP contribution in [-0.2, 0) is 0 Å². The van der Waals surface area contributed by atoms with Gasteiger partial charge in [-0.1, -0.05) is 32.3 Å². The molecule has 1 aliphatic rings. The van der Waals surface area contributed by atoms with E-state index in [1.165, 1.54) is 38.5 Å². The van der Waals surface area contributed by atoms with Gasteiger partial charge in [-0.2, -0.15) is 0 Å². The molecule has 0 radical (unpaired) electrons. The smallest absolute Gasteiger partial charge is 0.00953 e. The molecule has 1 N–H and O–H groups in total. The van der Waals surface area contributed by atoms with Crippen molar-refractivity contribution in [3.63, 3.8) is 0 Å². The van der Waals surface area contributed by atoms with Crippen LogP contribution in [0.15, 0.2) is 12.7 Å². The molecule has 0 spiro atoms. The standard InChI is InChI=1S/C14H27N/c1-4-6-10-14(15-3)13-9-7-8-12(5-2)11-13/h4,12-15H,1,5-11H2,2-3H3. The molecule has 1 nitrogen and oxygen atoms in total. The number of hydrogen-bond acceptors (Lipinski definition) is 1. The maximum atomic E-state index is 3.82. The zero-order valence-corrected chi connectivity index (χ0v) is 10.5.